The van der Waals surface area contributed by atoms with Crippen molar-refractivity contribution in [3.63, 3.8) is 0 Å². The maximum absolute atomic E-state index is 13.1. The number of nitrogens with zero attached hydrogens (tertiary/aromatic N) is 1. The van der Waals surface area contributed by atoms with Gasteiger partial charge in [0.25, 0.3) is 5.91 Å². The van der Waals surface area contributed by atoms with Crippen molar-refractivity contribution in [1.82, 2.24) is 4.90 Å². The van der Waals surface area contributed by atoms with Crippen molar-refractivity contribution in [1.29, 1.82) is 0 Å². The summed E-state index contributed by atoms with van der Waals surface area (Å²) in [5.41, 5.74) is 3.19. The smallest absolute Gasteiger partial charge is 0.290 e. The van der Waals surface area contributed by atoms with E-state index in [2.05, 4.69) is 0 Å². The van der Waals surface area contributed by atoms with Gasteiger partial charge in [0, 0.05) is 22.0 Å². The molecule has 1 heterocycles. The molecule has 5 heteroatoms. The van der Waals surface area contributed by atoms with E-state index in [0.29, 0.717) is 17.1 Å². The summed E-state index contributed by atoms with van der Waals surface area (Å²) in [6.07, 6.45) is 2.03. The Hall–Kier alpha value is -2.69. The van der Waals surface area contributed by atoms with Crippen molar-refractivity contribution >= 4 is 34.8 Å². The van der Waals surface area contributed by atoms with Gasteiger partial charge in [0.05, 0.1) is 6.04 Å². The van der Waals surface area contributed by atoms with Crippen LogP contribution in [-0.4, -0.2) is 22.2 Å². The van der Waals surface area contributed by atoms with E-state index in [-0.39, 0.29) is 11.7 Å². The first-order chi connectivity index (χ1) is 14.1. The minimum Gasteiger partial charge on any atom is -0.503 e. The predicted molar refractivity (Wildman–Crippen MR) is 119 cm³/mol. The second kappa shape index (κ2) is 8.36. The molecule has 0 saturated carbocycles. The van der Waals surface area contributed by atoms with Gasteiger partial charge in [-0.05, 0) is 41.1 Å². The Morgan fingerprint density at radius 2 is 1.62 bits per heavy atom. The monoisotopic (exact) mass is 421 g/mol. The maximum atomic E-state index is 13.1. The van der Waals surface area contributed by atoms with Gasteiger partial charge in [0.1, 0.15) is 0 Å². The summed E-state index contributed by atoms with van der Waals surface area (Å²) in [6, 6.07) is 24.6. The molecule has 0 fully saturated rings. The van der Waals surface area contributed by atoms with E-state index in [1.54, 1.807) is 16.7 Å². The third-order valence-electron chi connectivity index (χ3n) is 5.10. The molecule has 1 amide bonds. The Bertz CT molecular complexity index is 1060. The van der Waals surface area contributed by atoms with Crippen molar-refractivity contribution in [3.8, 4) is 0 Å². The van der Waals surface area contributed by atoms with E-state index in [4.69, 9.17) is 11.6 Å². The van der Waals surface area contributed by atoms with Gasteiger partial charge in [-0.25, -0.2) is 0 Å². The molecule has 1 aliphatic heterocycles. The van der Waals surface area contributed by atoms with Gasteiger partial charge in [-0.1, -0.05) is 72.3 Å². The zero-order valence-electron chi connectivity index (χ0n) is 15.9. The number of thioether (sulfide) groups is 1. The average molecular weight is 422 g/mol. The second-order valence-electron chi connectivity index (χ2n) is 6.83. The average Bonchev–Trinajstić information content (AvgIpc) is 3.00. The Kier molecular flexibility index (Phi) is 5.65. The predicted octanol–water partition coefficient (Wildman–Crippen LogP) is 6.11. The Morgan fingerprint density at radius 3 is 2.28 bits per heavy atom. The Morgan fingerprint density at radius 1 is 0.966 bits per heavy atom. The number of benzene rings is 3. The fourth-order valence-electron chi connectivity index (χ4n) is 3.68. The summed E-state index contributed by atoms with van der Waals surface area (Å²) in [5.74, 6) is -0.607. The molecule has 0 radical (unpaired) electrons. The van der Waals surface area contributed by atoms with Crippen LogP contribution in [0.3, 0.4) is 0 Å². The van der Waals surface area contributed by atoms with Gasteiger partial charge in [-0.15, -0.1) is 11.8 Å². The molecule has 146 valence electrons. The van der Waals surface area contributed by atoms with Crippen LogP contribution < -0.4 is 0 Å². The normalized spacial score (nSPS) is 16.6. The molecule has 0 aromatic heterocycles. The number of rotatable bonds is 5. The van der Waals surface area contributed by atoms with Crippen LogP contribution in [0.1, 0.15) is 22.7 Å². The number of amides is 1. The molecule has 3 aromatic rings. The standard InChI is InChI=1S/C24H20ClNO2S/c1-29-18-13-11-16(12-14-18)15-26-22(19-9-5-6-10-20(19)25)21(23(27)24(26)28)17-7-3-2-4-8-17/h2-14,22,27H,15H2,1H3/t22-/m1/s1. The van der Waals surface area contributed by atoms with Gasteiger partial charge in [-0.2, -0.15) is 0 Å². The van der Waals surface area contributed by atoms with Gasteiger partial charge in [-0.3, -0.25) is 4.79 Å². The maximum Gasteiger partial charge on any atom is 0.290 e. The molecule has 4 rings (SSSR count). The third-order valence-corrected chi connectivity index (χ3v) is 6.19. The first kappa shape index (κ1) is 19.6. The first-order valence-corrected chi connectivity index (χ1v) is 10.9. The Balaban J connectivity index is 1.79. The molecule has 3 aromatic carbocycles. The van der Waals surface area contributed by atoms with Crippen LogP contribution in [0.15, 0.2) is 89.5 Å². The number of carbonyl (C=O) groups is 1. The van der Waals surface area contributed by atoms with Crippen molar-refractivity contribution in [2.24, 2.45) is 0 Å². The number of carbonyl (C=O) groups excluding carboxylic acids is 1. The highest BCUT2D eigenvalue weighted by Gasteiger charge is 2.41. The molecule has 1 atom stereocenters. The van der Waals surface area contributed by atoms with E-state index in [1.807, 2.05) is 85.1 Å². The van der Waals surface area contributed by atoms with E-state index in [9.17, 15) is 9.90 Å². The molecule has 0 unspecified atom stereocenters. The quantitative estimate of drug-likeness (QED) is 0.505. The highest BCUT2D eigenvalue weighted by Crippen LogP contribution is 2.45. The summed E-state index contributed by atoms with van der Waals surface area (Å²) < 4.78 is 0. The van der Waals surface area contributed by atoms with E-state index >= 15 is 0 Å². The van der Waals surface area contributed by atoms with Crippen LogP contribution >= 0.6 is 23.4 Å². The van der Waals surface area contributed by atoms with Gasteiger partial charge in [0.15, 0.2) is 5.76 Å². The molecular formula is C24H20ClNO2S. The largest absolute Gasteiger partial charge is 0.503 e. The summed E-state index contributed by atoms with van der Waals surface area (Å²) in [6.45, 7) is 0.379. The fraction of sp³-hybridized carbons (Fsp3) is 0.125. The lowest BCUT2D eigenvalue weighted by molar-refractivity contribution is -0.130. The van der Waals surface area contributed by atoms with Crippen LogP contribution in [-0.2, 0) is 11.3 Å². The minimum absolute atomic E-state index is 0.221. The van der Waals surface area contributed by atoms with Crippen LogP contribution in [0.2, 0.25) is 5.02 Å². The summed E-state index contributed by atoms with van der Waals surface area (Å²) in [5, 5.41) is 11.4. The van der Waals surface area contributed by atoms with Crippen LogP contribution in [0, 0.1) is 0 Å². The zero-order valence-corrected chi connectivity index (χ0v) is 17.5. The van der Waals surface area contributed by atoms with Gasteiger partial charge >= 0.3 is 0 Å². The molecule has 1 aliphatic rings. The van der Waals surface area contributed by atoms with Crippen molar-refractivity contribution < 1.29 is 9.90 Å². The number of hydrogen-bond donors (Lipinski definition) is 1. The molecular weight excluding hydrogens is 402 g/mol. The van der Waals surface area contributed by atoms with E-state index < -0.39 is 6.04 Å². The summed E-state index contributed by atoms with van der Waals surface area (Å²) in [7, 11) is 0. The second-order valence-corrected chi connectivity index (χ2v) is 8.12. The molecule has 0 saturated heterocycles. The fourth-order valence-corrected chi connectivity index (χ4v) is 4.32. The molecule has 0 bridgehead atoms. The number of aliphatic hydroxyl groups is 1. The molecule has 0 aliphatic carbocycles. The van der Waals surface area contributed by atoms with E-state index in [1.165, 1.54) is 0 Å². The molecule has 3 nitrogen and oxygen atoms in total. The molecule has 29 heavy (non-hydrogen) atoms. The highest BCUT2D eigenvalue weighted by atomic mass is 35.5. The Labute approximate surface area is 179 Å². The number of halogens is 1. The minimum atomic E-state index is -0.459. The van der Waals surface area contributed by atoms with Crippen LogP contribution in [0.4, 0.5) is 0 Å². The number of aliphatic hydroxyl groups excluding tert-OH is 1. The molecule has 0 spiro atoms. The summed E-state index contributed by atoms with van der Waals surface area (Å²) in [4.78, 5) is 15.9. The third kappa shape index (κ3) is 3.78. The number of hydrogen-bond acceptors (Lipinski definition) is 3. The zero-order chi connectivity index (χ0) is 20.4. The van der Waals surface area contributed by atoms with Crippen molar-refractivity contribution in [2.75, 3.05) is 6.26 Å². The van der Waals surface area contributed by atoms with E-state index in [0.717, 1.165) is 21.6 Å². The topological polar surface area (TPSA) is 40.5 Å². The van der Waals surface area contributed by atoms with Gasteiger partial charge in [0.2, 0.25) is 0 Å². The van der Waals surface area contributed by atoms with Crippen LogP contribution in [0.25, 0.3) is 5.57 Å². The summed E-state index contributed by atoms with van der Waals surface area (Å²) >= 11 is 8.19. The highest BCUT2D eigenvalue weighted by molar-refractivity contribution is 7.98. The lowest BCUT2D eigenvalue weighted by Gasteiger charge is -2.28. The van der Waals surface area contributed by atoms with Gasteiger partial charge < -0.3 is 10.0 Å². The molecule has 1 N–H and O–H groups in total. The lowest BCUT2D eigenvalue weighted by atomic mass is 9.93. The lowest BCUT2D eigenvalue weighted by Crippen LogP contribution is -2.30. The van der Waals surface area contributed by atoms with Crippen molar-refractivity contribution in [3.05, 3.63) is 106 Å². The van der Waals surface area contributed by atoms with Crippen molar-refractivity contribution in [2.45, 2.75) is 17.5 Å². The first-order valence-electron chi connectivity index (χ1n) is 9.27. The van der Waals surface area contributed by atoms with Crippen LogP contribution in [0.5, 0.6) is 0 Å². The SMILES string of the molecule is CSc1ccc(CN2C(=O)C(O)=C(c3ccccc3)[C@H]2c2ccccc2Cl)cc1.